The lowest BCUT2D eigenvalue weighted by atomic mass is 9.92. The number of carbonyl (C=O) groups excluding carboxylic acids is 5. The summed E-state index contributed by atoms with van der Waals surface area (Å²) in [4.78, 5) is 58.5. The Kier molecular flexibility index (Phi) is 11.9. The minimum Gasteiger partial charge on any atom is -0.379 e. The summed E-state index contributed by atoms with van der Waals surface area (Å²) in [5.74, 6) is -1.67. The number of benzene rings is 1. The molecule has 1 aromatic carbocycles. The summed E-state index contributed by atoms with van der Waals surface area (Å²) in [5, 5.41) is 5.11. The zero-order chi connectivity index (χ0) is 23.2. The van der Waals surface area contributed by atoms with E-state index in [9.17, 15) is 24.0 Å². The van der Waals surface area contributed by atoms with Crippen LogP contribution in [-0.2, 0) is 30.3 Å². The average Bonchev–Trinajstić information content (AvgIpc) is 2.74. The van der Waals surface area contributed by atoms with Gasteiger partial charge in [-0.25, -0.2) is 0 Å². The number of hydrogen-bond donors (Lipinski definition) is 3. The number of rotatable bonds is 15. The van der Waals surface area contributed by atoms with E-state index in [-0.39, 0.29) is 68.3 Å². The van der Waals surface area contributed by atoms with Crippen molar-refractivity contribution in [1.29, 1.82) is 0 Å². The second-order valence-electron chi connectivity index (χ2n) is 7.23. The van der Waals surface area contributed by atoms with Gasteiger partial charge in [-0.15, -0.1) is 0 Å². The summed E-state index contributed by atoms with van der Waals surface area (Å²) in [6, 6.07) is 6.87. The van der Waals surface area contributed by atoms with Crippen molar-refractivity contribution < 1.29 is 28.7 Å². The van der Waals surface area contributed by atoms with Gasteiger partial charge < -0.3 is 21.1 Å². The van der Waals surface area contributed by atoms with Gasteiger partial charge in [0.1, 0.15) is 11.6 Å². The number of nitrogens with two attached hydrogens (primary N) is 1. The second kappa shape index (κ2) is 14.2. The van der Waals surface area contributed by atoms with Crippen molar-refractivity contribution in [2.24, 2.45) is 11.7 Å². The Labute approximate surface area is 182 Å². The first kappa shape index (κ1) is 26.1. The monoisotopic (exact) mass is 433 g/mol. The molecule has 0 aromatic heterocycles. The Morgan fingerprint density at radius 1 is 1.00 bits per heavy atom. The Morgan fingerprint density at radius 3 is 2.26 bits per heavy atom. The molecule has 9 nitrogen and oxygen atoms in total. The highest BCUT2D eigenvalue weighted by Gasteiger charge is 2.22. The summed E-state index contributed by atoms with van der Waals surface area (Å²) in [5.41, 5.74) is 6.55. The van der Waals surface area contributed by atoms with E-state index in [4.69, 9.17) is 10.5 Å². The van der Waals surface area contributed by atoms with Crippen molar-refractivity contribution in [2.75, 3.05) is 32.8 Å². The Balaban J connectivity index is 2.59. The zero-order valence-electron chi connectivity index (χ0n) is 18.1. The molecule has 1 rings (SSSR count). The molecule has 170 valence electrons. The Hall–Kier alpha value is -2.91. The average molecular weight is 434 g/mol. The zero-order valence-corrected chi connectivity index (χ0v) is 18.1. The summed E-state index contributed by atoms with van der Waals surface area (Å²) >= 11 is 0. The number of ether oxygens (including phenoxy) is 1. The Bertz CT molecular complexity index is 776. The maximum Gasteiger partial charge on any atom is 0.233 e. The molecule has 0 saturated heterocycles. The van der Waals surface area contributed by atoms with Crippen LogP contribution in [0.15, 0.2) is 24.3 Å². The van der Waals surface area contributed by atoms with E-state index in [0.717, 1.165) is 5.56 Å². The van der Waals surface area contributed by atoms with Gasteiger partial charge in [-0.05, 0) is 25.8 Å². The van der Waals surface area contributed by atoms with Crippen LogP contribution in [0.5, 0.6) is 0 Å². The van der Waals surface area contributed by atoms with Crippen molar-refractivity contribution in [3.8, 4) is 0 Å². The molecular weight excluding hydrogens is 402 g/mol. The van der Waals surface area contributed by atoms with Gasteiger partial charge in [0, 0.05) is 30.9 Å². The van der Waals surface area contributed by atoms with Gasteiger partial charge in [0.15, 0.2) is 5.78 Å². The molecule has 2 amide bonds. The molecular formula is C22H31N3O6. The van der Waals surface area contributed by atoms with Crippen LogP contribution < -0.4 is 16.4 Å². The highest BCUT2D eigenvalue weighted by Crippen LogP contribution is 2.16. The summed E-state index contributed by atoms with van der Waals surface area (Å²) in [7, 11) is 0. The summed E-state index contributed by atoms with van der Waals surface area (Å²) in [6.45, 7) is 3.38. The van der Waals surface area contributed by atoms with E-state index in [2.05, 4.69) is 10.6 Å². The first-order valence-corrected chi connectivity index (χ1v) is 10.2. The molecule has 4 N–H and O–H groups in total. The van der Waals surface area contributed by atoms with E-state index < -0.39 is 5.92 Å². The number of nitrogens with one attached hydrogen (secondary N) is 2. The summed E-state index contributed by atoms with van der Waals surface area (Å²) < 4.78 is 5.32. The van der Waals surface area contributed by atoms with Crippen LogP contribution in [0, 0.1) is 5.92 Å². The van der Waals surface area contributed by atoms with Crippen molar-refractivity contribution in [2.45, 2.75) is 33.1 Å². The van der Waals surface area contributed by atoms with Gasteiger partial charge in [-0.1, -0.05) is 24.3 Å². The van der Waals surface area contributed by atoms with E-state index in [1.807, 2.05) is 0 Å². The van der Waals surface area contributed by atoms with Crippen molar-refractivity contribution in [3.63, 3.8) is 0 Å². The SMILES string of the molecule is CC(=O)CNC(=O)C(CC(=O)CCOCCNC(=O)CN)Cc1ccc(C(C)=O)cc1. The highest BCUT2D eigenvalue weighted by atomic mass is 16.5. The predicted octanol–water partition coefficient (Wildman–Crippen LogP) is 0.194. The highest BCUT2D eigenvalue weighted by molar-refractivity contribution is 5.94. The normalized spacial score (nSPS) is 11.5. The molecule has 0 bridgehead atoms. The number of carbonyl (C=O) groups is 5. The molecule has 0 fully saturated rings. The van der Waals surface area contributed by atoms with Crippen molar-refractivity contribution in [1.82, 2.24) is 10.6 Å². The molecule has 0 aliphatic heterocycles. The van der Waals surface area contributed by atoms with Crippen molar-refractivity contribution >= 4 is 29.2 Å². The van der Waals surface area contributed by atoms with E-state index in [1.165, 1.54) is 13.8 Å². The maximum atomic E-state index is 12.5. The number of amides is 2. The van der Waals surface area contributed by atoms with Gasteiger partial charge in [-0.3, -0.25) is 24.0 Å². The van der Waals surface area contributed by atoms with Gasteiger partial charge in [0.05, 0.1) is 26.3 Å². The third-order valence-electron chi connectivity index (χ3n) is 4.48. The first-order chi connectivity index (χ1) is 14.7. The van der Waals surface area contributed by atoms with Crippen LogP contribution in [0.25, 0.3) is 0 Å². The smallest absolute Gasteiger partial charge is 0.233 e. The first-order valence-electron chi connectivity index (χ1n) is 10.2. The molecule has 31 heavy (non-hydrogen) atoms. The fourth-order valence-corrected chi connectivity index (χ4v) is 2.77. The van der Waals surface area contributed by atoms with Crippen LogP contribution >= 0.6 is 0 Å². The molecule has 1 aromatic rings. The fourth-order valence-electron chi connectivity index (χ4n) is 2.77. The molecule has 0 radical (unpaired) electrons. The quantitative estimate of drug-likeness (QED) is 0.264. The number of Topliss-reactive ketones (excluding diaryl/α,β-unsaturated/α-hetero) is 3. The molecule has 0 aliphatic rings. The maximum absolute atomic E-state index is 12.5. The standard InChI is InChI=1S/C22H31N3O6/c1-15(26)14-25-22(30)19(11-17-3-5-18(6-4-17)16(2)27)12-20(28)7-9-31-10-8-24-21(29)13-23/h3-6,19H,7-14,23H2,1-2H3,(H,24,29)(H,25,30). The molecule has 0 heterocycles. The molecule has 0 spiro atoms. The van der Waals surface area contributed by atoms with Gasteiger partial charge in [0.25, 0.3) is 0 Å². The van der Waals surface area contributed by atoms with E-state index >= 15 is 0 Å². The van der Waals surface area contributed by atoms with E-state index in [1.54, 1.807) is 24.3 Å². The number of hydrogen-bond acceptors (Lipinski definition) is 7. The lowest BCUT2D eigenvalue weighted by Crippen LogP contribution is -2.36. The van der Waals surface area contributed by atoms with Crippen LogP contribution in [-0.4, -0.2) is 62.0 Å². The summed E-state index contributed by atoms with van der Waals surface area (Å²) in [6.07, 6.45) is 0.440. The van der Waals surface area contributed by atoms with Crippen LogP contribution in [0.2, 0.25) is 0 Å². The third kappa shape index (κ3) is 11.2. The minimum absolute atomic E-state index is 0.00542. The van der Waals surface area contributed by atoms with Crippen LogP contribution in [0.3, 0.4) is 0 Å². The largest absolute Gasteiger partial charge is 0.379 e. The fraction of sp³-hybridized carbons (Fsp3) is 0.500. The van der Waals surface area contributed by atoms with Crippen LogP contribution in [0.4, 0.5) is 0 Å². The molecule has 0 aliphatic carbocycles. The molecule has 1 atom stereocenters. The Morgan fingerprint density at radius 2 is 1.68 bits per heavy atom. The third-order valence-corrected chi connectivity index (χ3v) is 4.48. The molecule has 9 heteroatoms. The lowest BCUT2D eigenvalue weighted by Gasteiger charge is -2.16. The van der Waals surface area contributed by atoms with E-state index in [0.29, 0.717) is 18.5 Å². The topological polar surface area (TPSA) is 145 Å². The molecule has 1 unspecified atom stereocenters. The minimum atomic E-state index is -0.640. The van der Waals surface area contributed by atoms with Gasteiger partial charge in [-0.2, -0.15) is 0 Å². The molecule has 0 saturated carbocycles. The second-order valence-corrected chi connectivity index (χ2v) is 7.23. The van der Waals surface area contributed by atoms with Gasteiger partial charge >= 0.3 is 0 Å². The van der Waals surface area contributed by atoms with Crippen molar-refractivity contribution in [3.05, 3.63) is 35.4 Å². The lowest BCUT2D eigenvalue weighted by molar-refractivity contribution is -0.130. The van der Waals surface area contributed by atoms with Gasteiger partial charge in [0.2, 0.25) is 11.8 Å². The predicted molar refractivity (Wildman–Crippen MR) is 114 cm³/mol. The number of ketones is 3. The van der Waals surface area contributed by atoms with Crippen LogP contribution in [0.1, 0.15) is 42.6 Å².